The van der Waals surface area contributed by atoms with Crippen LogP contribution in [-0.2, 0) is 12.7 Å². The van der Waals surface area contributed by atoms with Crippen molar-refractivity contribution >= 4 is 0 Å². The highest BCUT2D eigenvalue weighted by Gasteiger charge is 2.33. The van der Waals surface area contributed by atoms with Gasteiger partial charge < -0.3 is 5.32 Å². The van der Waals surface area contributed by atoms with Crippen molar-refractivity contribution in [1.82, 2.24) is 15.3 Å². The van der Waals surface area contributed by atoms with E-state index in [0.717, 1.165) is 11.8 Å². The van der Waals surface area contributed by atoms with E-state index >= 15 is 0 Å². The van der Waals surface area contributed by atoms with Crippen molar-refractivity contribution in [2.24, 2.45) is 0 Å². The molecular formula is C14H14F3N3. The Balaban J connectivity index is 2.12. The molecule has 2 rings (SSSR count). The normalized spacial score (nSPS) is 13.2. The standard InChI is InChI=1S/C14H14F3N3/c1-10(19-8-11-6-7-18-9-20-11)12-4-2-3-5-13(12)14(15,16)17/h2-7,9-10,19H,8H2,1H3. The van der Waals surface area contributed by atoms with Crippen LogP contribution in [0.2, 0.25) is 0 Å². The molecule has 1 N–H and O–H groups in total. The molecular weight excluding hydrogens is 267 g/mol. The molecule has 6 heteroatoms. The van der Waals surface area contributed by atoms with Crippen LogP contribution in [-0.4, -0.2) is 9.97 Å². The first-order valence-electron chi connectivity index (χ1n) is 6.13. The van der Waals surface area contributed by atoms with Gasteiger partial charge in [-0.05, 0) is 24.6 Å². The van der Waals surface area contributed by atoms with E-state index in [0.29, 0.717) is 6.54 Å². The lowest BCUT2D eigenvalue weighted by Crippen LogP contribution is -2.22. The van der Waals surface area contributed by atoms with E-state index in [-0.39, 0.29) is 5.56 Å². The number of nitrogens with zero attached hydrogens (tertiary/aromatic N) is 2. The van der Waals surface area contributed by atoms with Crippen LogP contribution in [0.1, 0.15) is 29.8 Å². The fourth-order valence-electron chi connectivity index (χ4n) is 1.92. The highest BCUT2D eigenvalue weighted by atomic mass is 19.4. The van der Waals surface area contributed by atoms with Gasteiger partial charge in [0.25, 0.3) is 0 Å². The Morgan fingerprint density at radius 1 is 1.20 bits per heavy atom. The largest absolute Gasteiger partial charge is 0.416 e. The summed E-state index contributed by atoms with van der Waals surface area (Å²) in [6, 6.07) is 6.87. The maximum absolute atomic E-state index is 12.9. The minimum absolute atomic E-state index is 0.231. The Bertz CT molecular complexity index is 555. The van der Waals surface area contributed by atoms with Gasteiger partial charge in [0.2, 0.25) is 0 Å². The summed E-state index contributed by atoms with van der Waals surface area (Å²) >= 11 is 0. The summed E-state index contributed by atoms with van der Waals surface area (Å²) in [5.74, 6) is 0. The molecule has 1 aromatic heterocycles. The number of rotatable bonds is 4. The van der Waals surface area contributed by atoms with Crippen molar-refractivity contribution in [1.29, 1.82) is 0 Å². The lowest BCUT2D eigenvalue weighted by molar-refractivity contribution is -0.138. The van der Waals surface area contributed by atoms with Gasteiger partial charge in [-0.2, -0.15) is 13.2 Å². The molecule has 0 spiro atoms. The van der Waals surface area contributed by atoms with Crippen LogP contribution in [0.3, 0.4) is 0 Å². The van der Waals surface area contributed by atoms with Crippen molar-refractivity contribution in [3.05, 3.63) is 59.7 Å². The van der Waals surface area contributed by atoms with Gasteiger partial charge in [-0.15, -0.1) is 0 Å². The third-order valence-electron chi connectivity index (χ3n) is 2.97. The fourth-order valence-corrected chi connectivity index (χ4v) is 1.92. The summed E-state index contributed by atoms with van der Waals surface area (Å²) in [6.45, 7) is 2.08. The Kier molecular flexibility index (Phi) is 4.34. The molecule has 0 aliphatic carbocycles. The van der Waals surface area contributed by atoms with E-state index in [1.54, 1.807) is 25.3 Å². The monoisotopic (exact) mass is 281 g/mol. The van der Waals surface area contributed by atoms with Crippen molar-refractivity contribution in [3.8, 4) is 0 Å². The molecule has 0 saturated carbocycles. The molecule has 1 heterocycles. The van der Waals surface area contributed by atoms with E-state index < -0.39 is 17.8 Å². The number of hydrogen-bond acceptors (Lipinski definition) is 3. The highest BCUT2D eigenvalue weighted by Crippen LogP contribution is 2.34. The van der Waals surface area contributed by atoms with Gasteiger partial charge in [0, 0.05) is 18.8 Å². The summed E-state index contributed by atoms with van der Waals surface area (Å²) in [5.41, 5.74) is 0.355. The number of hydrogen-bond donors (Lipinski definition) is 1. The second-order valence-corrected chi connectivity index (χ2v) is 4.39. The molecule has 106 valence electrons. The zero-order chi connectivity index (χ0) is 14.6. The number of nitrogens with one attached hydrogen (secondary N) is 1. The predicted octanol–water partition coefficient (Wildman–Crippen LogP) is 3.35. The van der Waals surface area contributed by atoms with E-state index in [1.807, 2.05) is 0 Å². The van der Waals surface area contributed by atoms with Crippen molar-refractivity contribution in [3.63, 3.8) is 0 Å². The summed E-state index contributed by atoms with van der Waals surface area (Å²) in [6.07, 6.45) is -1.34. The molecule has 0 aliphatic heterocycles. The Hall–Kier alpha value is -1.95. The van der Waals surface area contributed by atoms with Gasteiger partial charge in [-0.1, -0.05) is 18.2 Å². The van der Waals surface area contributed by atoms with Crippen LogP contribution >= 0.6 is 0 Å². The minimum atomic E-state index is -4.35. The maximum atomic E-state index is 12.9. The third-order valence-corrected chi connectivity index (χ3v) is 2.97. The summed E-state index contributed by atoms with van der Waals surface area (Å²) in [5, 5.41) is 3.04. The van der Waals surface area contributed by atoms with Crippen LogP contribution in [0.25, 0.3) is 0 Å². The quantitative estimate of drug-likeness (QED) is 0.934. The molecule has 1 unspecified atom stereocenters. The van der Waals surface area contributed by atoms with E-state index in [1.165, 1.54) is 18.5 Å². The second-order valence-electron chi connectivity index (χ2n) is 4.39. The van der Waals surface area contributed by atoms with E-state index in [4.69, 9.17) is 0 Å². The molecule has 0 saturated heterocycles. The molecule has 0 aliphatic rings. The first kappa shape index (κ1) is 14.5. The van der Waals surface area contributed by atoms with Crippen LogP contribution in [0.5, 0.6) is 0 Å². The summed E-state index contributed by atoms with van der Waals surface area (Å²) in [7, 11) is 0. The fraction of sp³-hybridized carbons (Fsp3) is 0.286. The average molecular weight is 281 g/mol. The minimum Gasteiger partial charge on any atom is -0.305 e. The maximum Gasteiger partial charge on any atom is 0.416 e. The highest BCUT2D eigenvalue weighted by molar-refractivity contribution is 5.32. The lowest BCUT2D eigenvalue weighted by Gasteiger charge is -2.19. The first-order chi connectivity index (χ1) is 9.48. The zero-order valence-corrected chi connectivity index (χ0v) is 10.9. The van der Waals surface area contributed by atoms with Gasteiger partial charge in [0.1, 0.15) is 6.33 Å². The van der Waals surface area contributed by atoms with Crippen molar-refractivity contribution in [2.75, 3.05) is 0 Å². The van der Waals surface area contributed by atoms with Crippen LogP contribution in [0, 0.1) is 0 Å². The molecule has 2 aromatic rings. The Morgan fingerprint density at radius 2 is 1.95 bits per heavy atom. The zero-order valence-electron chi connectivity index (χ0n) is 10.9. The molecule has 1 aromatic carbocycles. The van der Waals surface area contributed by atoms with Crippen LogP contribution in [0.15, 0.2) is 42.9 Å². The van der Waals surface area contributed by atoms with Gasteiger partial charge in [0.15, 0.2) is 0 Å². The van der Waals surface area contributed by atoms with Gasteiger partial charge in [-0.25, -0.2) is 9.97 Å². The SMILES string of the molecule is CC(NCc1ccncn1)c1ccccc1C(F)(F)F. The Labute approximate surface area is 114 Å². The smallest absolute Gasteiger partial charge is 0.305 e. The van der Waals surface area contributed by atoms with Crippen molar-refractivity contribution in [2.45, 2.75) is 25.7 Å². The van der Waals surface area contributed by atoms with Crippen LogP contribution < -0.4 is 5.32 Å². The number of aromatic nitrogens is 2. The molecule has 3 nitrogen and oxygen atoms in total. The summed E-state index contributed by atoms with van der Waals surface area (Å²) < 4.78 is 38.8. The molecule has 0 radical (unpaired) electrons. The summed E-state index contributed by atoms with van der Waals surface area (Å²) in [4.78, 5) is 7.81. The Morgan fingerprint density at radius 3 is 2.60 bits per heavy atom. The number of benzene rings is 1. The van der Waals surface area contributed by atoms with Gasteiger partial charge in [-0.3, -0.25) is 0 Å². The van der Waals surface area contributed by atoms with Crippen molar-refractivity contribution < 1.29 is 13.2 Å². The lowest BCUT2D eigenvalue weighted by atomic mass is 10.0. The topological polar surface area (TPSA) is 37.8 Å². The molecule has 0 bridgehead atoms. The van der Waals surface area contributed by atoms with Gasteiger partial charge >= 0.3 is 6.18 Å². The number of alkyl halides is 3. The first-order valence-corrected chi connectivity index (χ1v) is 6.13. The molecule has 0 fully saturated rings. The molecule has 1 atom stereocenters. The second kappa shape index (κ2) is 6.00. The van der Waals surface area contributed by atoms with E-state index in [2.05, 4.69) is 15.3 Å². The van der Waals surface area contributed by atoms with Crippen LogP contribution in [0.4, 0.5) is 13.2 Å². The van der Waals surface area contributed by atoms with Gasteiger partial charge in [0.05, 0.1) is 11.3 Å². The average Bonchev–Trinajstić information content (AvgIpc) is 2.45. The van der Waals surface area contributed by atoms with E-state index in [9.17, 15) is 13.2 Å². The predicted molar refractivity (Wildman–Crippen MR) is 68.7 cm³/mol. The third kappa shape index (κ3) is 3.54. The molecule has 0 amide bonds. The number of halogens is 3. The molecule has 20 heavy (non-hydrogen) atoms.